The number of nitrogens with two attached hydrogens (primary N) is 1. The predicted molar refractivity (Wildman–Crippen MR) is 74.2 cm³/mol. The molecule has 0 amide bonds. The molecule has 2 saturated carbocycles. The van der Waals surface area contributed by atoms with Gasteiger partial charge in [0.2, 0.25) is 11.9 Å². The number of hydrogen-bond donors (Lipinski definition) is 2. The van der Waals surface area contributed by atoms with Gasteiger partial charge in [-0.05, 0) is 43.1 Å². The van der Waals surface area contributed by atoms with Crippen LogP contribution in [-0.2, 0) is 0 Å². The maximum Gasteiger partial charge on any atom is 0.257 e. The summed E-state index contributed by atoms with van der Waals surface area (Å²) in [6, 6.07) is 1.82. The van der Waals surface area contributed by atoms with Gasteiger partial charge in [0.15, 0.2) is 0 Å². The fraction of sp³-hybridized carbons (Fsp3) is 0.538. The third kappa shape index (κ3) is 2.09. The van der Waals surface area contributed by atoms with Crippen molar-refractivity contribution in [3.05, 3.63) is 18.5 Å². The molecule has 3 N–H and O–H groups in total. The summed E-state index contributed by atoms with van der Waals surface area (Å²) in [5.74, 6) is 2.10. The summed E-state index contributed by atoms with van der Waals surface area (Å²) in [5, 5.41) is 7.44. The lowest BCUT2D eigenvalue weighted by Crippen LogP contribution is -2.20. The molecule has 2 aromatic rings. The Hall–Kier alpha value is -2.18. The van der Waals surface area contributed by atoms with Crippen molar-refractivity contribution in [2.45, 2.75) is 25.7 Å². The largest absolute Gasteiger partial charge is 0.368 e. The summed E-state index contributed by atoms with van der Waals surface area (Å²) in [5.41, 5.74) is 6.24. The van der Waals surface area contributed by atoms with Crippen molar-refractivity contribution < 1.29 is 0 Å². The fourth-order valence-corrected chi connectivity index (χ4v) is 2.79. The van der Waals surface area contributed by atoms with Crippen LogP contribution in [0.25, 0.3) is 5.95 Å². The number of nitrogens with one attached hydrogen (secondary N) is 1. The Morgan fingerprint density at radius 1 is 1.30 bits per heavy atom. The molecule has 0 bridgehead atoms. The Morgan fingerprint density at radius 2 is 2.15 bits per heavy atom. The molecule has 0 aliphatic heterocycles. The molecule has 2 aliphatic carbocycles. The van der Waals surface area contributed by atoms with E-state index >= 15 is 0 Å². The van der Waals surface area contributed by atoms with E-state index in [9.17, 15) is 0 Å². The highest BCUT2D eigenvalue weighted by molar-refractivity contribution is 5.35. The summed E-state index contributed by atoms with van der Waals surface area (Å²) in [6.07, 6.45) is 8.85. The average molecular weight is 271 g/mol. The zero-order valence-electron chi connectivity index (χ0n) is 11.2. The van der Waals surface area contributed by atoms with E-state index in [1.807, 2.05) is 6.07 Å². The summed E-state index contributed by atoms with van der Waals surface area (Å²) >= 11 is 0. The molecule has 4 rings (SSSR count). The molecule has 2 heterocycles. The Morgan fingerprint density at radius 3 is 2.80 bits per heavy atom. The van der Waals surface area contributed by atoms with Crippen LogP contribution in [0.3, 0.4) is 0 Å². The second-order valence-electron chi connectivity index (χ2n) is 5.76. The van der Waals surface area contributed by atoms with Gasteiger partial charge in [-0.15, -0.1) is 0 Å². The monoisotopic (exact) mass is 271 g/mol. The molecule has 104 valence electrons. The second-order valence-corrected chi connectivity index (χ2v) is 5.76. The lowest BCUT2D eigenvalue weighted by atomic mass is 10.0. The molecule has 2 fully saturated rings. The standard InChI is InChI=1S/C13H17N7/c14-10-17-11(15-8-13(4-5-13)9-2-3-9)19-12(18-10)20-7-1-6-16-20/h1,6-7,9H,2-5,8H2,(H3,14,15,17,18,19). The summed E-state index contributed by atoms with van der Waals surface area (Å²) in [6.45, 7) is 0.930. The molecule has 7 heteroatoms. The third-order valence-electron chi connectivity index (χ3n) is 4.28. The first kappa shape index (κ1) is 11.6. The maximum atomic E-state index is 5.75. The van der Waals surface area contributed by atoms with Crippen LogP contribution in [0.1, 0.15) is 25.7 Å². The van der Waals surface area contributed by atoms with E-state index in [-0.39, 0.29) is 5.95 Å². The summed E-state index contributed by atoms with van der Waals surface area (Å²) < 4.78 is 1.58. The number of anilines is 2. The Balaban J connectivity index is 1.53. The average Bonchev–Trinajstić information content (AvgIpc) is 3.34. The molecule has 0 spiro atoms. The van der Waals surface area contributed by atoms with Gasteiger partial charge in [0.05, 0.1) is 0 Å². The van der Waals surface area contributed by atoms with Crippen molar-refractivity contribution in [2.24, 2.45) is 11.3 Å². The molecule has 2 aliphatic rings. The number of hydrogen-bond acceptors (Lipinski definition) is 6. The predicted octanol–water partition coefficient (Wildman–Crippen LogP) is 1.24. The normalized spacial score (nSPS) is 19.8. The van der Waals surface area contributed by atoms with Crippen molar-refractivity contribution >= 4 is 11.9 Å². The fourth-order valence-electron chi connectivity index (χ4n) is 2.79. The highest BCUT2D eigenvalue weighted by atomic mass is 15.4. The second kappa shape index (κ2) is 4.16. The van der Waals surface area contributed by atoms with Crippen molar-refractivity contribution in [3.8, 4) is 5.95 Å². The van der Waals surface area contributed by atoms with Crippen molar-refractivity contribution in [3.63, 3.8) is 0 Å². The SMILES string of the molecule is Nc1nc(NCC2(C3CC3)CC2)nc(-n2cccn2)n1. The van der Waals surface area contributed by atoms with Crippen LogP contribution in [-0.4, -0.2) is 31.3 Å². The number of rotatable bonds is 5. The molecule has 2 aromatic heterocycles. The van der Waals surface area contributed by atoms with Gasteiger partial charge in [-0.25, -0.2) is 4.68 Å². The van der Waals surface area contributed by atoms with Crippen LogP contribution in [0.4, 0.5) is 11.9 Å². The first-order valence-electron chi connectivity index (χ1n) is 7.01. The highest BCUT2D eigenvalue weighted by Crippen LogP contribution is 2.61. The summed E-state index contributed by atoms with van der Waals surface area (Å²) in [4.78, 5) is 12.6. The van der Waals surface area contributed by atoms with Crippen LogP contribution in [0.15, 0.2) is 18.5 Å². The topological polar surface area (TPSA) is 94.5 Å². The van der Waals surface area contributed by atoms with Gasteiger partial charge in [-0.1, -0.05) is 0 Å². The van der Waals surface area contributed by atoms with Crippen LogP contribution < -0.4 is 11.1 Å². The lowest BCUT2D eigenvalue weighted by molar-refractivity contribution is 0.465. The molecule has 0 saturated heterocycles. The molecule has 20 heavy (non-hydrogen) atoms. The van der Waals surface area contributed by atoms with Crippen LogP contribution in [0, 0.1) is 11.3 Å². The molecule has 0 unspecified atom stereocenters. The van der Waals surface area contributed by atoms with E-state index in [1.165, 1.54) is 25.7 Å². The first-order chi connectivity index (χ1) is 9.75. The number of aromatic nitrogens is 5. The van der Waals surface area contributed by atoms with Gasteiger partial charge >= 0.3 is 0 Å². The molecular weight excluding hydrogens is 254 g/mol. The van der Waals surface area contributed by atoms with Crippen LogP contribution in [0.2, 0.25) is 0 Å². The maximum absolute atomic E-state index is 5.75. The van der Waals surface area contributed by atoms with E-state index < -0.39 is 0 Å². The minimum absolute atomic E-state index is 0.212. The van der Waals surface area contributed by atoms with Gasteiger partial charge in [0.1, 0.15) is 0 Å². The molecule has 7 nitrogen and oxygen atoms in total. The zero-order valence-corrected chi connectivity index (χ0v) is 11.2. The zero-order chi connectivity index (χ0) is 13.6. The van der Waals surface area contributed by atoms with Crippen LogP contribution >= 0.6 is 0 Å². The molecular formula is C13H17N7. The Bertz CT molecular complexity index is 614. The van der Waals surface area contributed by atoms with Crippen LogP contribution in [0.5, 0.6) is 0 Å². The summed E-state index contributed by atoms with van der Waals surface area (Å²) in [7, 11) is 0. The first-order valence-corrected chi connectivity index (χ1v) is 7.01. The van der Waals surface area contributed by atoms with E-state index in [1.54, 1.807) is 17.1 Å². The lowest BCUT2D eigenvalue weighted by Gasteiger charge is -2.15. The molecule has 0 radical (unpaired) electrons. The van der Waals surface area contributed by atoms with Crippen molar-refractivity contribution in [1.29, 1.82) is 0 Å². The quantitative estimate of drug-likeness (QED) is 0.849. The van der Waals surface area contributed by atoms with Gasteiger partial charge in [-0.3, -0.25) is 0 Å². The Kier molecular flexibility index (Phi) is 2.42. The van der Waals surface area contributed by atoms with Crippen molar-refractivity contribution in [2.75, 3.05) is 17.6 Å². The number of nitrogens with zero attached hydrogens (tertiary/aromatic N) is 5. The minimum Gasteiger partial charge on any atom is -0.368 e. The van der Waals surface area contributed by atoms with Gasteiger partial charge < -0.3 is 11.1 Å². The van der Waals surface area contributed by atoms with Gasteiger partial charge in [-0.2, -0.15) is 20.1 Å². The Labute approximate surface area is 116 Å². The highest BCUT2D eigenvalue weighted by Gasteiger charge is 2.53. The van der Waals surface area contributed by atoms with Gasteiger partial charge in [0.25, 0.3) is 5.95 Å². The molecule has 0 aromatic carbocycles. The number of nitrogen functional groups attached to an aromatic ring is 1. The van der Waals surface area contributed by atoms with E-state index in [0.717, 1.165) is 12.5 Å². The third-order valence-corrected chi connectivity index (χ3v) is 4.28. The minimum atomic E-state index is 0.212. The smallest absolute Gasteiger partial charge is 0.257 e. The van der Waals surface area contributed by atoms with E-state index in [0.29, 0.717) is 17.3 Å². The van der Waals surface area contributed by atoms with E-state index in [2.05, 4.69) is 25.4 Å². The molecule has 0 atom stereocenters. The van der Waals surface area contributed by atoms with Crippen molar-refractivity contribution in [1.82, 2.24) is 24.7 Å². The van der Waals surface area contributed by atoms with E-state index in [4.69, 9.17) is 5.73 Å². The van der Waals surface area contributed by atoms with Gasteiger partial charge in [0, 0.05) is 18.9 Å².